The molecule has 1 aliphatic rings. The molecule has 1 amide bonds. The van der Waals surface area contributed by atoms with Crippen molar-refractivity contribution in [3.63, 3.8) is 0 Å². The Balaban J connectivity index is 2.31. The van der Waals surface area contributed by atoms with Crippen LogP contribution < -0.4 is 5.32 Å². The fourth-order valence-electron chi connectivity index (χ4n) is 3.28. The maximum absolute atomic E-state index is 13.1. The number of nitrogens with zero attached hydrogens (tertiary/aromatic N) is 1. The molecule has 7 nitrogen and oxygen atoms in total. The van der Waals surface area contributed by atoms with Crippen molar-refractivity contribution in [2.45, 2.75) is 56.9 Å². The molecule has 2 rings (SSSR count). The number of rotatable bonds is 7. The van der Waals surface area contributed by atoms with Crippen molar-refractivity contribution in [3.8, 4) is 0 Å². The van der Waals surface area contributed by atoms with E-state index in [0.29, 0.717) is 19.5 Å². The molecule has 1 aromatic rings. The molecule has 0 saturated carbocycles. The monoisotopic (exact) mass is 444 g/mol. The Kier molecular flexibility index (Phi) is 8.48. The molecule has 0 unspecified atom stereocenters. The van der Waals surface area contributed by atoms with E-state index in [1.807, 2.05) is 13.8 Å². The molecular weight excluding hydrogens is 416 g/mol. The number of amides is 1. The Morgan fingerprint density at radius 2 is 1.83 bits per heavy atom. The van der Waals surface area contributed by atoms with E-state index in [9.17, 15) is 18.0 Å². The van der Waals surface area contributed by atoms with Crippen LogP contribution in [-0.2, 0) is 19.6 Å². The van der Waals surface area contributed by atoms with E-state index in [1.54, 1.807) is 0 Å². The van der Waals surface area contributed by atoms with Gasteiger partial charge < -0.3 is 10.1 Å². The number of hydrogen-bond donors (Lipinski definition) is 1. The number of carbonyl (C=O) groups is 2. The SMILES string of the molecule is CC[C@@H](C)[C@H](NC(=O)c1ccc(Cl)c(S(=O)(=O)N2CCCCCC2)c1)C(=O)OC. The number of methoxy groups -OCH3 is 1. The standard InChI is InChI=1S/C20H29ClN2O5S/c1-4-14(2)18(20(25)28-3)22-19(24)15-9-10-16(21)17(13-15)29(26,27)23-11-7-5-6-8-12-23/h9-10,13-14,18H,4-8,11-12H2,1-3H3,(H,22,24)/t14-,18+/m1/s1. The summed E-state index contributed by atoms with van der Waals surface area (Å²) in [4.78, 5) is 24.7. The fraction of sp³-hybridized carbons (Fsp3) is 0.600. The number of hydrogen-bond acceptors (Lipinski definition) is 5. The number of nitrogens with one attached hydrogen (secondary N) is 1. The molecule has 0 radical (unpaired) electrons. The summed E-state index contributed by atoms with van der Waals surface area (Å²) < 4.78 is 32.4. The molecule has 0 aromatic heterocycles. The van der Waals surface area contributed by atoms with Crippen molar-refractivity contribution in [3.05, 3.63) is 28.8 Å². The molecule has 0 aliphatic carbocycles. The summed E-state index contributed by atoms with van der Waals surface area (Å²) in [6, 6.07) is 3.31. The van der Waals surface area contributed by atoms with Gasteiger partial charge >= 0.3 is 5.97 Å². The average Bonchev–Trinajstić information content (AvgIpc) is 3.01. The highest BCUT2D eigenvalue weighted by Gasteiger charge is 2.30. The van der Waals surface area contributed by atoms with Gasteiger partial charge in [-0.2, -0.15) is 4.31 Å². The Labute approximate surface area is 177 Å². The van der Waals surface area contributed by atoms with Crippen LogP contribution in [0.1, 0.15) is 56.3 Å². The van der Waals surface area contributed by atoms with E-state index in [2.05, 4.69) is 5.32 Å². The second-order valence-corrected chi connectivity index (χ2v) is 9.64. The van der Waals surface area contributed by atoms with Crippen LogP contribution in [0.2, 0.25) is 5.02 Å². The highest BCUT2D eigenvalue weighted by Crippen LogP contribution is 2.28. The Morgan fingerprint density at radius 3 is 2.38 bits per heavy atom. The fourth-order valence-corrected chi connectivity index (χ4v) is 5.30. The molecule has 0 bridgehead atoms. The zero-order valence-corrected chi connectivity index (χ0v) is 18.7. The minimum Gasteiger partial charge on any atom is -0.467 e. The lowest BCUT2D eigenvalue weighted by molar-refractivity contribution is -0.144. The number of benzene rings is 1. The van der Waals surface area contributed by atoms with Gasteiger partial charge in [0.05, 0.1) is 12.1 Å². The Bertz CT molecular complexity index is 835. The Hall–Kier alpha value is -1.64. The summed E-state index contributed by atoms with van der Waals surface area (Å²) in [7, 11) is -2.55. The van der Waals surface area contributed by atoms with Crippen LogP contribution in [0.3, 0.4) is 0 Å². The van der Waals surface area contributed by atoms with E-state index in [-0.39, 0.29) is 21.4 Å². The van der Waals surface area contributed by atoms with E-state index in [0.717, 1.165) is 25.7 Å². The molecule has 1 saturated heterocycles. The summed E-state index contributed by atoms with van der Waals surface area (Å²) in [5.74, 6) is -1.23. The molecule has 0 spiro atoms. The smallest absolute Gasteiger partial charge is 0.328 e. The van der Waals surface area contributed by atoms with Gasteiger partial charge in [0.25, 0.3) is 5.91 Å². The van der Waals surface area contributed by atoms with Gasteiger partial charge in [0.15, 0.2) is 0 Å². The van der Waals surface area contributed by atoms with Crippen molar-refractivity contribution >= 4 is 33.5 Å². The first kappa shape index (κ1) is 23.6. The van der Waals surface area contributed by atoms with Gasteiger partial charge in [0, 0.05) is 18.7 Å². The van der Waals surface area contributed by atoms with Crippen molar-refractivity contribution in [1.82, 2.24) is 9.62 Å². The van der Waals surface area contributed by atoms with E-state index in [4.69, 9.17) is 16.3 Å². The van der Waals surface area contributed by atoms with Gasteiger partial charge in [-0.15, -0.1) is 0 Å². The molecule has 1 heterocycles. The minimum atomic E-state index is -3.81. The third-order valence-corrected chi connectivity index (χ3v) is 7.71. The highest BCUT2D eigenvalue weighted by atomic mass is 35.5. The molecule has 29 heavy (non-hydrogen) atoms. The third-order valence-electron chi connectivity index (χ3n) is 5.33. The normalized spacial score (nSPS) is 17.8. The zero-order chi connectivity index (χ0) is 21.6. The van der Waals surface area contributed by atoms with Crippen molar-refractivity contribution in [2.75, 3.05) is 20.2 Å². The van der Waals surface area contributed by atoms with Gasteiger partial charge in [-0.05, 0) is 37.0 Å². The lowest BCUT2D eigenvalue weighted by atomic mass is 9.99. The van der Waals surface area contributed by atoms with Crippen LogP contribution in [0.25, 0.3) is 0 Å². The van der Waals surface area contributed by atoms with Crippen LogP contribution in [0, 0.1) is 5.92 Å². The second-order valence-electron chi connectivity index (χ2n) is 7.32. The predicted molar refractivity (Wildman–Crippen MR) is 111 cm³/mol. The maximum atomic E-state index is 13.1. The van der Waals surface area contributed by atoms with Crippen molar-refractivity contribution in [2.24, 2.45) is 5.92 Å². The molecule has 9 heteroatoms. The predicted octanol–water partition coefficient (Wildman–Crippen LogP) is 3.22. The van der Waals surface area contributed by atoms with Gasteiger partial charge in [0.1, 0.15) is 10.9 Å². The summed E-state index contributed by atoms with van der Waals surface area (Å²) in [6.07, 6.45) is 4.24. The molecule has 1 aromatic carbocycles. The summed E-state index contributed by atoms with van der Waals surface area (Å²) in [5.41, 5.74) is 0.125. The first-order valence-electron chi connectivity index (χ1n) is 9.90. The third kappa shape index (κ3) is 5.71. The van der Waals surface area contributed by atoms with Crippen molar-refractivity contribution < 1.29 is 22.7 Å². The first-order valence-corrected chi connectivity index (χ1v) is 11.7. The van der Waals surface area contributed by atoms with Gasteiger partial charge in [-0.25, -0.2) is 13.2 Å². The van der Waals surface area contributed by atoms with Gasteiger partial charge in [-0.1, -0.05) is 44.7 Å². The number of carbonyl (C=O) groups excluding carboxylic acids is 2. The van der Waals surface area contributed by atoms with Gasteiger partial charge in [-0.3, -0.25) is 4.79 Å². The molecule has 1 fully saturated rings. The van der Waals surface area contributed by atoms with Crippen LogP contribution >= 0.6 is 11.6 Å². The Morgan fingerprint density at radius 1 is 1.21 bits per heavy atom. The second kappa shape index (κ2) is 10.4. The van der Waals surface area contributed by atoms with E-state index >= 15 is 0 Å². The number of sulfonamides is 1. The summed E-state index contributed by atoms with van der Waals surface area (Å²) >= 11 is 6.19. The maximum Gasteiger partial charge on any atom is 0.328 e. The topological polar surface area (TPSA) is 92.8 Å². The molecular formula is C20H29ClN2O5S. The summed E-state index contributed by atoms with van der Waals surface area (Å²) in [6.45, 7) is 4.61. The lowest BCUT2D eigenvalue weighted by Crippen LogP contribution is -2.45. The zero-order valence-electron chi connectivity index (χ0n) is 17.1. The quantitative estimate of drug-likeness (QED) is 0.652. The number of ether oxygens (including phenoxy) is 1. The lowest BCUT2D eigenvalue weighted by Gasteiger charge is -2.23. The van der Waals surface area contributed by atoms with Crippen LogP contribution in [0.4, 0.5) is 0 Å². The van der Waals surface area contributed by atoms with Crippen LogP contribution in [-0.4, -0.2) is 50.8 Å². The number of esters is 1. The molecule has 1 N–H and O–H groups in total. The molecule has 1 aliphatic heterocycles. The molecule has 162 valence electrons. The average molecular weight is 445 g/mol. The van der Waals surface area contributed by atoms with Crippen LogP contribution in [0.5, 0.6) is 0 Å². The highest BCUT2D eigenvalue weighted by molar-refractivity contribution is 7.89. The minimum absolute atomic E-state index is 0.0669. The molecule has 2 atom stereocenters. The summed E-state index contributed by atoms with van der Waals surface area (Å²) in [5, 5.41) is 2.72. The van der Waals surface area contributed by atoms with E-state index in [1.165, 1.54) is 29.6 Å². The van der Waals surface area contributed by atoms with Crippen molar-refractivity contribution in [1.29, 1.82) is 0 Å². The number of halogens is 1. The largest absolute Gasteiger partial charge is 0.467 e. The van der Waals surface area contributed by atoms with Gasteiger partial charge in [0.2, 0.25) is 10.0 Å². The first-order chi connectivity index (χ1) is 13.7. The van der Waals surface area contributed by atoms with Crippen LogP contribution in [0.15, 0.2) is 23.1 Å². The van der Waals surface area contributed by atoms with E-state index < -0.39 is 27.9 Å².